The Morgan fingerprint density at radius 3 is 2.66 bits per heavy atom. The number of thioether (sulfide) groups is 1. The van der Waals surface area contributed by atoms with Crippen molar-refractivity contribution in [1.29, 1.82) is 0 Å². The molecule has 0 unspecified atom stereocenters. The molecule has 2 aromatic carbocycles. The third kappa shape index (κ3) is 5.05. The molecule has 29 heavy (non-hydrogen) atoms. The van der Waals surface area contributed by atoms with Gasteiger partial charge < -0.3 is 18.6 Å². The molecule has 1 heterocycles. The van der Waals surface area contributed by atoms with Crippen LogP contribution in [0.2, 0.25) is 0 Å². The molecule has 0 N–H and O–H groups in total. The van der Waals surface area contributed by atoms with Gasteiger partial charge in [0.1, 0.15) is 11.5 Å². The number of carbonyl (C=O) groups is 1. The van der Waals surface area contributed by atoms with Crippen LogP contribution in [0.25, 0.3) is 0 Å². The minimum absolute atomic E-state index is 0.0632. The van der Waals surface area contributed by atoms with Crippen LogP contribution in [0.4, 0.5) is 4.39 Å². The van der Waals surface area contributed by atoms with Gasteiger partial charge in [-0.3, -0.25) is 4.79 Å². The first-order valence-corrected chi connectivity index (χ1v) is 9.63. The summed E-state index contributed by atoms with van der Waals surface area (Å²) in [5.41, 5.74) is 0.398. The summed E-state index contributed by atoms with van der Waals surface area (Å²) in [5.74, 6) is 0.684. The highest BCUT2D eigenvalue weighted by Gasteiger charge is 2.19. The molecule has 9 heteroatoms. The van der Waals surface area contributed by atoms with Crippen LogP contribution in [0.1, 0.15) is 29.3 Å². The monoisotopic (exact) mass is 418 g/mol. The topological polar surface area (TPSA) is 83.7 Å². The van der Waals surface area contributed by atoms with E-state index >= 15 is 0 Å². The van der Waals surface area contributed by atoms with Gasteiger partial charge in [-0.25, -0.2) is 4.39 Å². The number of rotatable bonds is 9. The smallest absolute Gasteiger partial charge is 0.277 e. The Labute approximate surface area is 171 Å². The van der Waals surface area contributed by atoms with Crippen LogP contribution in [0.3, 0.4) is 0 Å². The first-order chi connectivity index (χ1) is 14.0. The maximum atomic E-state index is 13.7. The van der Waals surface area contributed by atoms with Gasteiger partial charge in [0.05, 0.1) is 25.5 Å². The zero-order valence-electron chi connectivity index (χ0n) is 16.0. The summed E-state index contributed by atoms with van der Waals surface area (Å²) in [6.45, 7) is 1.67. The number of benzene rings is 2. The Morgan fingerprint density at radius 1 is 1.14 bits per heavy atom. The standard InChI is InChI=1S/C20H19FN2O5S/c1-12(27-18-7-5-4-6-15(18)21)19-22-23-20(28-19)29-11-16(24)14-10-13(25-2)8-9-17(14)26-3/h4-10,12H,11H2,1-3H3/t12-/m0/s1. The third-order valence-corrected chi connectivity index (χ3v) is 4.76. The van der Waals surface area contributed by atoms with Gasteiger partial charge in [0.25, 0.3) is 11.1 Å². The van der Waals surface area contributed by atoms with Crippen LogP contribution < -0.4 is 14.2 Å². The lowest BCUT2D eigenvalue weighted by Gasteiger charge is -2.11. The highest BCUT2D eigenvalue weighted by atomic mass is 32.2. The van der Waals surface area contributed by atoms with Gasteiger partial charge in [-0.1, -0.05) is 23.9 Å². The molecule has 1 atom stereocenters. The van der Waals surface area contributed by atoms with Crippen LogP contribution in [0, 0.1) is 5.82 Å². The molecular formula is C20H19FN2O5S. The van der Waals surface area contributed by atoms with Crippen molar-refractivity contribution in [2.75, 3.05) is 20.0 Å². The zero-order chi connectivity index (χ0) is 20.8. The van der Waals surface area contributed by atoms with Crippen LogP contribution in [-0.4, -0.2) is 36.0 Å². The van der Waals surface area contributed by atoms with E-state index in [4.69, 9.17) is 18.6 Å². The summed E-state index contributed by atoms with van der Waals surface area (Å²) in [7, 11) is 3.02. The lowest BCUT2D eigenvalue weighted by atomic mass is 10.1. The normalized spacial score (nSPS) is 11.7. The van der Waals surface area contributed by atoms with E-state index in [1.165, 1.54) is 26.4 Å². The van der Waals surface area contributed by atoms with Crippen molar-refractivity contribution in [3.8, 4) is 17.2 Å². The number of nitrogens with zero attached hydrogens (tertiary/aromatic N) is 2. The molecule has 152 valence electrons. The average molecular weight is 418 g/mol. The highest BCUT2D eigenvalue weighted by molar-refractivity contribution is 7.99. The largest absolute Gasteiger partial charge is 0.497 e. The van der Waals surface area contributed by atoms with Crippen LogP contribution in [-0.2, 0) is 0 Å². The zero-order valence-corrected chi connectivity index (χ0v) is 16.9. The summed E-state index contributed by atoms with van der Waals surface area (Å²) in [4.78, 5) is 12.6. The number of aromatic nitrogens is 2. The van der Waals surface area contributed by atoms with Gasteiger partial charge in [0.2, 0.25) is 0 Å². The lowest BCUT2D eigenvalue weighted by molar-refractivity contribution is 0.101. The highest BCUT2D eigenvalue weighted by Crippen LogP contribution is 2.28. The van der Waals surface area contributed by atoms with Crippen molar-refractivity contribution in [3.05, 3.63) is 59.7 Å². The number of methoxy groups -OCH3 is 2. The van der Waals surface area contributed by atoms with Crippen molar-refractivity contribution in [3.63, 3.8) is 0 Å². The summed E-state index contributed by atoms with van der Waals surface area (Å²) >= 11 is 1.09. The Balaban J connectivity index is 1.63. The van der Waals surface area contributed by atoms with E-state index in [0.29, 0.717) is 17.1 Å². The lowest BCUT2D eigenvalue weighted by Crippen LogP contribution is -2.05. The molecule has 3 aromatic rings. The molecule has 0 aliphatic rings. The van der Waals surface area contributed by atoms with Crippen molar-refractivity contribution in [2.24, 2.45) is 0 Å². The summed E-state index contributed by atoms with van der Waals surface area (Å²) in [6, 6.07) is 11.0. The van der Waals surface area contributed by atoms with E-state index in [1.807, 2.05) is 0 Å². The SMILES string of the molecule is COc1ccc(OC)c(C(=O)CSc2nnc([C@H](C)Oc3ccccc3F)o2)c1. The molecule has 0 bridgehead atoms. The molecule has 0 amide bonds. The Bertz CT molecular complexity index is 995. The van der Waals surface area contributed by atoms with Crippen molar-refractivity contribution in [2.45, 2.75) is 18.3 Å². The van der Waals surface area contributed by atoms with Gasteiger partial charge in [-0.15, -0.1) is 10.2 Å². The number of carbonyl (C=O) groups excluding carboxylic acids is 1. The van der Waals surface area contributed by atoms with Gasteiger partial charge in [0.15, 0.2) is 23.5 Å². The van der Waals surface area contributed by atoms with Crippen molar-refractivity contribution in [1.82, 2.24) is 10.2 Å². The molecular weight excluding hydrogens is 399 g/mol. The number of halogens is 1. The Morgan fingerprint density at radius 2 is 1.93 bits per heavy atom. The van der Waals surface area contributed by atoms with E-state index in [9.17, 15) is 9.18 Å². The molecule has 0 aliphatic heterocycles. The van der Waals surface area contributed by atoms with E-state index < -0.39 is 11.9 Å². The van der Waals surface area contributed by atoms with Crippen LogP contribution in [0.5, 0.6) is 17.2 Å². The minimum atomic E-state index is -0.650. The molecule has 0 saturated carbocycles. The second kappa shape index (κ2) is 9.42. The first kappa shape index (κ1) is 20.7. The Kier molecular flexibility index (Phi) is 6.71. The molecule has 0 fully saturated rings. The minimum Gasteiger partial charge on any atom is -0.497 e. The van der Waals surface area contributed by atoms with Gasteiger partial charge in [0, 0.05) is 0 Å². The third-order valence-electron chi connectivity index (χ3n) is 3.94. The number of para-hydroxylation sites is 1. The number of hydrogen-bond acceptors (Lipinski definition) is 8. The number of ketones is 1. The van der Waals surface area contributed by atoms with Gasteiger partial charge >= 0.3 is 0 Å². The fraction of sp³-hybridized carbons (Fsp3) is 0.250. The number of ether oxygens (including phenoxy) is 3. The summed E-state index contributed by atoms with van der Waals surface area (Å²) in [6.07, 6.45) is -0.650. The van der Waals surface area contributed by atoms with Crippen molar-refractivity contribution < 1.29 is 27.8 Å². The van der Waals surface area contributed by atoms with Crippen LogP contribution >= 0.6 is 11.8 Å². The van der Waals surface area contributed by atoms with Crippen LogP contribution in [0.15, 0.2) is 52.1 Å². The summed E-state index contributed by atoms with van der Waals surface area (Å²) in [5, 5.41) is 8.03. The predicted octanol–water partition coefficient (Wildman–Crippen LogP) is 4.34. The average Bonchev–Trinajstić information content (AvgIpc) is 3.22. The van der Waals surface area contributed by atoms with E-state index in [0.717, 1.165) is 11.8 Å². The van der Waals surface area contributed by atoms with Gasteiger partial charge in [-0.2, -0.15) is 0 Å². The predicted molar refractivity (Wildman–Crippen MR) is 104 cm³/mol. The van der Waals surface area contributed by atoms with Crippen molar-refractivity contribution >= 4 is 17.5 Å². The molecule has 1 aromatic heterocycles. The fourth-order valence-electron chi connectivity index (χ4n) is 2.46. The maximum absolute atomic E-state index is 13.7. The number of Topliss-reactive ketones (excluding diaryl/α,β-unsaturated/α-hetero) is 1. The molecule has 3 rings (SSSR count). The molecule has 7 nitrogen and oxygen atoms in total. The van der Waals surface area contributed by atoms with E-state index in [1.54, 1.807) is 37.3 Å². The molecule has 0 spiro atoms. The van der Waals surface area contributed by atoms with E-state index in [2.05, 4.69) is 10.2 Å². The quantitative estimate of drug-likeness (QED) is 0.375. The number of hydrogen-bond donors (Lipinski definition) is 0. The second-order valence-electron chi connectivity index (χ2n) is 5.87. The summed E-state index contributed by atoms with van der Waals surface area (Å²) < 4.78 is 35.1. The maximum Gasteiger partial charge on any atom is 0.277 e. The second-order valence-corrected chi connectivity index (χ2v) is 6.80. The fourth-order valence-corrected chi connectivity index (χ4v) is 3.11. The molecule has 0 aliphatic carbocycles. The Hall–Kier alpha value is -3.07. The van der Waals surface area contributed by atoms with Gasteiger partial charge in [-0.05, 0) is 37.3 Å². The molecule has 0 saturated heterocycles. The van der Waals surface area contributed by atoms with E-state index in [-0.39, 0.29) is 28.4 Å². The first-order valence-electron chi connectivity index (χ1n) is 8.64. The molecule has 0 radical (unpaired) electrons.